The summed E-state index contributed by atoms with van der Waals surface area (Å²) in [5.74, 6) is 1.23. The first-order chi connectivity index (χ1) is 17.8. The van der Waals surface area contributed by atoms with Gasteiger partial charge in [0.05, 0.1) is 0 Å². The molecule has 3 aromatic rings. The molecule has 1 unspecified atom stereocenters. The average Bonchev–Trinajstić information content (AvgIpc) is 3.22. The normalized spacial score (nSPS) is 18.6. The highest BCUT2D eigenvalue weighted by atomic mass is 32.2. The van der Waals surface area contributed by atoms with Gasteiger partial charge in [-0.1, -0.05) is 12.2 Å². The predicted molar refractivity (Wildman–Crippen MR) is 154 cm³/mol. The minimum Gasteiger partial charge on any atom is -0.369 e. The Labute approximate surface area is 218 Å². The van der Waals surface area contributed by atoms with Crippen molar-refractivity contribution in [1.29, 1.82) is 0 Å². The van der Waals surface area contributed by atoms with Gasteiger partial charge in [0.1, 0.15) is 5.84 Å². The molecule has 1 saturated heterocycles. The Balaban J connectivity index is 1.44. The predicted octanol–water partition coefficient (Wildman–Crippen LogP) is 3.92. The van der Waals surface area contributed by atoms with Crippen molar-refractivity contribution in [2.75, 3.05) is 56.0 Å². The Morgan fingerprint density at radius 1 is 1.19 bits per heavy atom. The second kappa shape index (κ2) is 10.5. The summed E-state index contributed by atoms with van der Waals surface area (Å²) in [5, 5.41) is 4.26. The summed E-state index contributed by atoms with van der Waals surface area (Å²) in [5.41, 5.74) is 3.91. The van der Waals surface area contributed by atoms with E-state index in [1.54, 1.807) is 12.5 Å². The first kappa shape index (κ1) is 25.2. The summed E-state index contributed by atoms with van der Waals surface area (Å²) in [6, 6.07) is 10.5. The molecule has 0 bridgehead atoms. The van der Waals surface area contributed by atoms with Gasteiger partial charge in [0.15, 0.2) is 11.8 Å². The number of dihydropyridines is 1. The molecule has 2 aliphatic heterocycles. The maximum absolute atomic E-state index is 12.3. The van der Waals surface area contributed by atoms with Crippen LogP contribution in [0.3, 0.4) is 0 Å². The molecule has 0 amide bonds. The van der Waals surface area contributed by atoms with E-state index in [1.807, 2.05) is 29.0 Å². The van der Waals surface area contributed by atoms with Gasteiger partial charge in [0.2, 0.25) is 5.95 Å². The van der Waals surface area contributed by atoms with E-state index in [9.17, 15) is 4.21 Å². The van der Waals surface area contributed by atoms with E-state index >= 15 is 0 Å². The maximum Gasteiger partial charge on any atom is 0.229 e. The molecule has 1 N–H and O–H groups in total. The van der Waals surface area contributed by atoms with Crippen molar-refractivity contribution >= 4 is 43.9 Å². The van der Waals surface area contributed by atoms with Crippen molar-refractivity contribution in [1.82, 2.24) is 19.4 Å². The lowest BCUT2D eigenvalue weighted by Gasteiger charge is -2.34. The summed E-state index contributed by atoms with van der Waals surface area (Å²) in [6.45, 7) is 8.13. The number of benzene rings is 1. The van der Waals surface area contributed by atoms with Gasteiger partial charge in [-0.3, -0.25) is 8.78 Å². The molecule has 4 heterocycles. The standard InChI is InChI=1S/C27H34N8OS/c1-5-7-23-18-20-19-28-27(29-21-10-12-22(13-11-21)34-16-14-33(2)15-17-34)31-26(20)35(23)25-9-6-8-24(30-25)32-37(3,4)36/h5-6,9-13,18-19,24H,1,7-8,14-17H2,2-4H3,(H,28,29,31). The third kappa shape index (κ3) is 5.91. The molecule has 0 radical (unpaired) electrons. The fourth-order valence-corrected chi connectivity index (χ4v) is 5.36. The average molecular weight is 519 g/mol. The number of anilines is 3. The summed E-state index contributed by atoms with van der Waals surface area (Å²) < 4.78 is 18.7. The van der Waals surface area contributed by atoms with Crippen LogP contribution in [0.15, 0.2) is 70.7 Å². The lowest BCUT2D eigenvalue weighted by atomic mass is 10.2. The van der Waals surface area contributed by atoms with Crippen molar-refractivity contribution in [3.8, 4) is 0 Å². The van der Waals surface area contributed by atoms with Crippen LogP contribution >= 0.6 is 0 Å². The Hall–Kier alpha value is -3.50. The van der Waals surface area contributed by atoms with Gasteiger partial charge in [-0.15, -0.1) is 6.58 Å². The molecular formula is C27H34N8OS. The molecule has 37 heavy (non-hydrogen) atoms. The van der Waals surface area contributed by atoms with Gasteiger partial charge in [0.25, 0.3) is 0 Å². The van der Waals surface area contributed by atoms with Crippen molar-refractivity contribution < 1.29 is 4.21 Å². The molecular weight excluding hydrogens is 484 g/mol. The number of aromatic nitrogens is 3. The molecule has 1 atom stereocenters. The third-order valence-corrected chi connectivity index (χ3v) is 7.21. The molecule has 2 aliphatic rings. The second-order valence-corrected chi connectivity index (χ2v) is 12.4. The largest absolute Gasteiger partial charge is 0.369 e. The van der Waals surface area contributed by atoms with Crippen LogP contribution in [0.25, 0.3) is 11.0 Å². The smallest absolute Gasteiger partial charge is 0.229 e. The molecule has 1 aromatic carbocycles. The van der Waals surface area contributed by atoms with Gasteiger partial charge < -0.3 is 15.1 Å². The Bertz CT molecular complexity index is 1460. The van der Waals surface area contributed by atoms with Crippen molar-refractivity contribution in [3.05, 3.63) is 67.0 Å². The van der Waals surface area contributed by atoms with E-state index in [2.05, 4.69) is 68.4 Å². The SMILES string of the molecule is C=CCc1cc2cnc(Nc3ccc(N4CCN(C)CC4)cc3)nc2n1C1=NC(N=S(C)(C)=O)CC=C1. The fraction of sp³-hybridized carbons (Fsp3) is 0.370. The van der Waals surface area contributed by atoms with Crippen molar-refractivity contribution in [2.24, 2.45) is 9.36 Å². The van der Waals surface area contributed by atoms with Gasteiger partial charge in [0, 0.05) is 89.9 Å². The van der Waals surface area contributed by atoms with Gasteiger partial charge >= 0.3 is 0 Å². The molecule has 0 spiro atoms. The van der Waals surface area contributed by atoms with Crippen LogP contribution in [-0.4, -0.2) is 81.4 Å². The van der Waals surface area contributed by atoms with Crippen LogP contribution in [0.4, 0.5) is 17.3 Å². The van der Waals surface area contributed by atoms with Gasteiger partial charge in [-0.05, 0) is 43.5 Å². The monoisotopic (exact) mass is 518 g/mol. The van der Waals surface area contributed by atoms with E-state index in [-0.39, 0.29) is 6.17 Å². The number of aliphatic imine (C=N–C) groups is 1. The highest BCUT2D eigenvalue weighted by Crippen LogP contribution is 2.25. The van der Waals surface area contributed by atoms with E-state index in [0.29, 0.717) is 18.8 Å². The van der Waals surface area contributed by atoms with Crippen LogP contribution < -0.4 is 10.2 Å². The molecule has 0 aliphatic carbocycles. The number of nitrogens with zero attached hydrogens (tertiary/aromatic N) is 7. The highest BCUT2D eigenvalue weighted by Gasteiger charge is 2.19. The molecule has 194 valence electrons. The minimum atomic E-state index is -2.27. The number of nitrogens with one attached hydrogen (secondary N) is 1. The lowest BCUT2D eigenvalue weighted by molar-refractivity contribution is 0.313. The number of rotatable bonds is 6. The zero-order chi connectivity index (χ0) is 26.0. The first-order valence-corrected chi connectivity index (χ1v) is 14.8. The van der Waals surface area contributed by atoms with E-state index in [4.69, 9.17) is 9.98 Å². The number of hydrogen-bond donors (Lipinski definition) is 1. The highest BCUT2D eigenvalue weighted by molar-refractivity contribution is 7.92. The molecule has 2 aromatic heterocycles. The maximum atomic E-state index is 12.3. The van der Waals surface area contributed by atoms with Crippen LogP contribution in [0, 0.1) is 0 Å². The van der Waals surface area contributed by atoms with Gasteiger partial charge in [-0.25, -0.2) is 14.3 Å². The fourth-order valence-electron chi connectivity index (χ4n) is 4.64. The summed E-state index contributed by atoms with van der Waals surface area (Å²) in [4.78, 5) is 19.0. The number of fused-ring (bicyclic) bond motifs is 1. The first-order valence-electron chi connectivity index (χ1n) is 12.5. The Morgan fingerprint density at radius 2 is 1.95 bits per heavy atom. The molecule has 1 fully saturated rings. The molecule has 10 heteroatoms. The Morgan fingerprint density at radius 3 is 2.65 bits per heavy atom. The van der Waals surface area contributed by atoms with Crippen LogP contribution in [-0.2, 0) is 16.1 Å². The summed E-state index contributed by atoms with van der Waals surface area (Å²) in [7, 11) is -0.102. The Kier molecular flexibility index (Phi) is 7.12. The van der Waals surface area contributed by atoms with Crippen LogP contribution in [0.1, 0.15) is 12.1 Å². The van der Waals surface area contributed by atoms with Crippen molar-refractivity contribution in [2.45, 2.75) is 19.0 Å². The topological polar surface area (TPSA) is 91.0 Å². The minimum absolute atomic E-state index is 0.380. The van der Waals surface area contributed by atoms with E-state index < -0.39 is 9.73 Å². The number of allylic oxidation sites excluding steroid dienone is 2. The number of piperazine rings is 1. The summed E-state index contributed by atoms with van der Waals surface area (Å²) >= 11 is 0. The van der Waals surface area contributed by atoms with Crippen molar-refractivity contribution in [3.63, 3.8) is 0 Å². The lowest BCUT2D eigenvalue weighted by Crippen LogP contribution is -2.44. The number of hydrogen-bond acceptors (Lipinski definition) is 8. The second-order valence-electron chi connectivity index (χ2n) is 9.79. The van der Waals surface area contributed by atoms with E-state index in [1.165, 1.54) is 5.69 Å². The van der Waals surface area contributed by atoms with E-state index in [0.717, 1.165) is 54.4 Å². The zero-order valence-corrected chi connectivity index (χ0v) is 22.5. The van der Waals surface area contributed by atoms with Crippen LogP contribution in [0.5, 0.6) is 0 Å². The number of likely N-dealkylation sites (N-methyl/N-ethyl adjacent to an activating group) is 1. The third-order valence-electron chi connectivity index (χ3n) is 6.46. The quantitative estimate of drug-likeness (QED) is 0.498. The van der Waals surface area contributed by atoms with Crippen LogP contribution in [0.2, 0.25) is 0 Å². The molecule has 5 rings (SSSR count). The molecule has 0 saturated carbocycles. The van der Waals surface area contributed by atoms with Gasteiger partial charge in [-0.2, -0.15) is 4.98 Å². The zero-order valence-electron chi connectivity index (χ0n) is 21.7. The molecule has 9 nitrogen and oxygen atoms in total. The summed E-state index contributed by atoms with van der Waals surface area (Å²) in [6.07, 6.45) is 11.9.